The molecule has 2 aromatic rings. The zero-order chi connectivity index (χ0) is 17.5. The van der Waals surface area contributed by atoms with Gasteiger partial charge in [0.05, 0.1) is 16.2 Å². The standard InChI is InChI=1S/C16H11BrClN3O3/c17-13-5-3-12(4-6-13)16(22)20-19-10-14(18)9-11-1-7-15(8-2-11)21(23)24/h1-10H,(H,20,22)/b14-9-,19-10+. The Hall–Kier alpha value is -2.51. The molecule has 0 fully saturated rings. The first-order chi connectivity index (χ1) is 11.5. The van der Waals surface area contributed by atoms with Crippen LogP contribution in [-0.4, -0.2) is 17.0 Å². The summed E-state index contributed by atoms with van der Waals surface area (Å²) in [5.74, 6) is -0.362. The molecule has 24 heavy (non-hydrogen) atoms. The molecule has 0 saturated carbocycles. The van der Waals surface area contributed by atoms with Gasteiger partial charge in [0.1, 0.15) is 0 Å². The van der Waals surface area contributed by atoms with Gasteiger partial charge in [-0.15, -0.1) is 0 Å². The predicted molar refractivity (Wildman–Crippen MR) is 97.0 cm³/mol. The molecule has 0 unspecified atom stereocenters. The molecule has 0 spiro atoms. The highest BCUT2D eigenvalue weighted by molar-refractivity contribution is 9.10. The number of halogens is 2. The van der Waals surface area contributed by atoms with Gasteiger partial charge in [0.15, 0.2) is 0 Å². The van der Waals surface area contributed by atoms with Crippen molar-refractivity contribution in [1.82, 2.24) is 5.43 Å². The summed E-state index contributed by atoms with van der Waals surface area (Å²) < 4.78 is 0.872. The number of benzene rings is 2. The first kappa shape index (κ1) is 17.8. The molecule has 8 heteroatoms. The second-order valence-corrected chi connectivity index (χ2v) is 5.94. The summed E-state index contributed by atoms with van der Waals surface area (Å²) in [6.07, 6.45) is 2.85. The smallest absolute Gasteiger partial charge is 0.267 e. The SMILES string of the molecule is O=C(N/N=C/C(Cl)=C/c1ccc([N+](=O)[O-])cc1)c1ccc(Br)cc1. The Kier molecular flexibility index (Phi) is 6.22. The minimum atomic E-state index is -0.478. The Morgan fingerprint density at radius 3 is 2.38 bits per heavy atom. The summed E-state index contributed by atoms with van der Waals surface area (Å²) in [6, 6.07) is 12.7. The summed E-state index contributed by atoms with van der Waals surface area (Å²) in [5, 5.41) is 14.6. The van der Waals surface area contributed by atoms with Gasteiger partial charge in [-0.3, -0.25) is 14.9 Å². The van der Waals surface area contributed by atoms with Crippen molar-refractivity contribution in [2.24, 2.45) is 5.10 Å². The third-order valence-corrected chi connectivity index (χ3v) is 3.60. The van der Waals surface area contributed by atoms with Gasteiger partial charge in [-0.2, -0.15) is 5.10 Å². The van der Waals surface area contributed by atoms with Crippen LogP contribution in [-0.2, 0) is 0 Å². The minimum Gasteiger partial charge on any atom is -0.267 e. The average molecular weight is 409 g/mol. The van der Waals surface area contributed by atoms with Gasteiger partial charge in [-0.25, -0.2) is 5.43 Å². The molecule has 0 radical (unpaired) electrons. The summed E-state index contributed by atoms with van der Waals surface area (Å²) in [4.78, 5) is 21.9. The van der Waals surface area contributed by atoms with Crippen molar-refractivity contribution in [1.29, 1.82) is 0 Å². The van der Waals surface area contributed by atoms with E-state index in [9.17, 15) is 14.9 Å². The van der Waals surface area contributed by atoms with E-state index in [1.54, 1.807) is 42.5 Å². The Balaban J connectivity index is 1.96. The van der Waals surface area contributed by atoms with Crippen LogP contribution in [0.1, 0.15) is 15.9 Å². The van der Waals surface area contributed by atoms with E-state index in [-0.39, 0.29) is 16.6 Å². The zero-order valence-corrected chi connectivity index (χ0v) is 14.5. The summed E-state index contributed by atoms with van der Waals surface area (Å²) in [5.41, 5.74) is 3.50. The lowest BCUT2D eigenvalue weighted by molar-refractivity contribution is -0.384. The van der Waals surface area contributed by atoms with Gasteiger partial charge in [-0.05, 0) is 48.0 Å². The Morgan fingerprint density at radius 1 is 1.17 bits per heavy atom. The van der Waals surface area contributed by atoms with Crippen LogP contribution in [0.2, 0.25) is 0 Å². The van der Waals surface area contributed by atoms with Crippen molar-refractivity contribution < 1.29 is 9.72 Å². The lowest BCUT2D eigenvalue weighted by Crippen LogP contribution is -2.17. The zero-order valence-electron chi connectivity index (χ0n) is 12.1. The normalized spacial score (nSPS) is 11.5. The molecule has 2 rings (SSSR count). The number of carbonyl (C=O) groups excluding carboxylic acids is 1. The van der Waals surface area contributed by atoms with Crippen LogP contribution in [0.5, 0.6) is 0 Å². The number of nitrogens with zero attached hydrogens (tertiary/aromatic N) is 2. The average Bonchev–Trinajstić information content (AvgIpc) is 2.55. The van der Waals surface area contributed by atoms with Gasteiger partial charge in [0.25, 0.3) is 11.6 Å². The molecule has 1 N–H and O–H groups in total. The van der Waals surface area contributed by atoms with Crippen LogP contribution in [0, 0.1) is 10.1 Å². The molecule has 0 aliphatic carbocycles. The van der Waals surface area contributed by atoms with Gasteiger partial charge in [-0.1, -0.05) is 27.5 Å². The van der Waals surface area contributed by atoms with E-state index in [0.717, 1.165) is 4.47 Å². The van der Waals surface area contributed by atoms with E-state index in [2.05, 4.69) is 26.5 Å². The van der Waals surface area contributed by atoms with Crippen molar-refractivity contribution in [2.45, 2.75) is 0 Å². The molecule has 0 atom stereocenters. The van der Waals surface area contributed by atoms with Crippen LogP contribution in [0.25, 0.3) is 6.08 Å². The summed E-state index contributed by atoms with van der Waals surface area (Å²) >= 11 is 9.27. The lowest BCUT2D eigenvalue weighted by atomic mass is 10.2. The second-order valence-electron chi connectivity index (χ2n) is 4.58. The minimum absolute atomic E-state index is 0.00120. The van der Waals surface area contributed by atoms with Crippen LogP contribution in [0.15, 0.2) is 63.1 Å². The van der Waals surface area contributed by atoms with E-state index >= 15 is 0 Å². The number of amides is 1. The van der Waals surface area contributed by atoms with E-state index < -0.39 is 4.92 Å². The molecule has 122 valence electrons. The Labute approximate surface area is 151 Å². The molecule has 0 aliphatic heterocycles. The van der Waals surface area contributed by atoms with Gasteiger partial charge < -0.3 is 0 Å². The predicted octanol–water partition coefficient (Wildman–Crippen LogP) is 4.35. The fourth-order valence-electron chi connectivity index (χ4n) is 1.71. The van der Waals surface area contributed by atoms with Gasteiger partial charge >= 0.3 is 0 Å². The first-order valence-corrected chi connectivity index (χ1v) is 7.83. The maximum absolute atomic E-state index is 11.8. The number of allylic oxidation sites excluding steroid dienone is 1. The molecule has 0 aliphatic rings. The first-order valence-electron chi connectivity index (χ1n) is 6.66. The largest absolute Gasteiger partial charge is 0.271 e. The van der Waals surface area contributed by atoms with Gasteiger partial charge in [0.2, 0.25) is 0 Å². The van der Waals surface area contributed by atoms with Crippen molar-refractivity contribution in [2.75, 3.05) is 0 Å². The maximum atomic E-state index is 11.8. The highest BCUT2D eigenvalue weighted by Crippen LogP contribution is 2.15. The molecule has 0 bridgehead atoms. The number of nitro groups is 1. The van der Waals surface area contributed by atoms with E-state index in [0.29, 0.717) is 11.1 Å². The topological polar surface area (TPSA) is 84.6 Å². The molecule has 1 amide bonds. The highest BCUT2D eigenvalue weighted by atomic mass is 79.9. The number of nitro benzene ring substituents is 1. The van der Waals surface area contributed by atoms with Crippen LogP contribution in [0.3, 0.4) is 0 Å². The number of non-ortho nitro benzene ring substituents is 1. The third kappa shape index (κ3) is 5.29. The monoisotopic (exact) mass is 407 g/mol. The Morgan fingerprint density at radius 2 is 1.79 bits per heavy atom. The quantitative estimate of drug-likeness (QED) is 0.453. The summed E-state index contributed by atoms with van der Waals surface area (Å²) in [6.45, 7) is 0. The van der Waals surface area contributed by atoms with E-state index in [4.69, 9.17) is 11.6 Å². The molecule has 6 nitrogen and oxygen atoms in total. The van der Waals surface area contributed by atoms with Crippen molar-refractivity contribution in [3.05, 3.63) is 79.3 Å². The third-order valence-electron chi connectivity index (χ3n) is 2.87. The fourth-order valence-corrected chi connectivity index (χ4v) is 2.15. The molecular formula is C16H11BrClN3O3. The number of nitrogens with one attached hydrogen (secondary N) is 1. The highest BCUT2D eigenvalue weighted by Gasteiger charge is 2.04. The van der Waals surface area contributed by atoms with Crippen LogP contribution >= 0.6 is 27.5 Å². The number of hydrogen-bond donors (Lipinski definition) is 1. The number of carbonyl (C=O) groups is 1. The van der Waals surface area contributed by atoms with Crippen molar-refractivity contribution >= 4 is 51.4 Å². The molecule has 0 aromatic heterocycles. The van der Waals surface area contributed by atoms with Crippen molar-refractivity contribution in [3.8, 4) is 0 Å². The number of hydrogen-bond acceptors (Lipinski definition) is 4. The van der Waals surface area contributed by atoms with E-state index in [1.807, 2.05) is 0 Å². The van der Waals surface area contributed by atoms with E-state index in [1.165, 1.54) is 18.3 Å². The number of hydrazone groups is 1. The molecule has 0 saturated heterocycles. The van der Waals surface area contributed by atoms with Crippen LogP contribution < -0.4 is 5.43 Å². The summed E-state index contributed by atoms with van der Waals surface area (Å²) in [7, 11) is 0. The van der Waals surface area contributed by atoms with Crippen LogP contribution in [0.4, 0.5) is 5.69 Å². The van der Waals surface area contributed by atoms with Crippen molar-refractivity contribution in [3.63, 3.8) is 0 Å². The molecule has 0 heterocycles. The van der Waals surface area contributed by atoms with Gasteiger partial charge in [0, 0.05) is 22.2 Å². The number of rotatable bonds is 5. The second kappa shape index (κ2) is 8.37. The molecule has 2 aromatic carbocycles. The fraction of sp³-hybridized carbons (Fsp3) is 0. The lowest BCUT2D eigenvalue weighted by Gasteiger charge is -1.99. The Bertz CT molecular complexity index is 802. The molecular weight excluding hydrogens is 398 g/mol. The maximum Gasteiger partial charge on any atom is 0.271 e.